The van der Waals surface area contributed by atoms with E-state index in [1.165, 1.54) is 12.3 Å². The number of rotatable bonds is 1. The molecule has 0 aliphatic carbocycles. The highest BCUT2D eigenvalue weighted by atomic mass is 35.5. The van der Waals surface area contributed by atoms with Crippen LogP contribution in [0.4, 0.5) is 21.6 Å². The third-order valence-corrected chi connectivity index (χ3v) is 3.49. The van der Waals surface area contributed by atoms with Gasteiger partial charge in [-0.05, 0) is 18.2 Å². The molecule has 5 heteroatoms. The molecule has 2 aromatic rings. The van der Waals surface area contributed by atoms with Gasteiger partial charge in [0.05, 0.1) is 16.4 Å². The third-order valence-electron chi connectivity index (χ3n) is 3.29. The van der Waals surface area contributed by atoms with Gasteiger partial charge in [0, 0.05) is 26.3 Å². The van der Waals surface area contributed by atoms with Crippen molar-refractivity contribution < 1.29 is 4.39 Å². The van der Waals surface area contributed by atoms with Crippen LogP contribution in [-0.2, 0) is 0 Å². The summed E-state index contributed by atoms with van der Waals surface area (Å²) in [7, 11) is 2.03. The smallest absolute Gasteiger partial charge is 0.169 e. The first-order chi connectivity index (χ1) is 9.16. The highest BCUT2D eigenvalue weighted by Gasteiger charge is 2.24. The van der Waals surface area contributed by atoms with E-state index in [4.69, 9.17) is 11.6 Å². The normalized spacial score (nSPS) is 14.5. The highest BCUT2D eigenvalue weighted by molar-refractivity contribution is 6.30. The van der Waals surface area contributed by atoms with Gasteiger partial charge in [-0.1, -0.05) is 23.7 Å². The lowest BCUT2D eigenvalue weighted by atomic mass is 10.1. The summed E-state index contributed by atoms with van der Waals surface area (Å²) in [5.74, 6) is -0.0724. The number of benzene rings is 1. The van der Waals surface area contributed by atoms with Gasteiger partial charge in [-0.15, -0.1) is 0 Å². The summed E-state index contributed by atoms with van der Waals surface area (Å²) >= 11 is 5.75. The van der Waals surface area contributed by atoms with Gasteiger partial charge in [0.15, 0.2) is 11.6 Å². The van der Waals surface area contributed by atoms with Crippen LogP contribution < -0.4 is 9.80 Å². The number of pyridine rings is 1. The van der Waals surface area contributed by atoms with E-state index in [1.54, 1.807) is 0 Å². The standard InChI is InChI=1S/C14H13ClFN3/c1-18-6-7-19(13-5-3-2-4-12(13)18)14-11(16)8-10(15)9-17-14/h2-5,8-9H,6-7H2,1H3. The van der Waals surface area contributed by atoms with Crippen molar-refractivity contribution in [2.24, 2.45) is 0 Å². The molecule has 0 atom stereocenters. The molecule has 0 N–H and O–H groups in total. The molecule has 0 radical (unpaired) electrons. The molecule has 1 aliphatic rings. The predicted octanol–water partition coefficient (Wildman–Crippen LogP) is 3.46. The number of halogens is 2. The molecule has 1 aromatic carbocycles. The average molecular weight is 278 g/mol. The van der Waals surface area contributed by atoms with Crippen molar-refractivity contribution in [2.45, 2.75) is 0 Å². The Balaban J connectivity index is 2.09. The number of hydrogen-bond acceptors (Lipinski definition) is 3. The Kier molecular flexibility index (Phi) is 3.03. The molecule has 0 fully saturated rings. The molecule has 0 spiro atoms. The van der Waals surface area contributed by atoms with Crippen LogP contribution in [0.5, 0.6) is 0 Å². The topological polar surface area (TPSA) is 19.4 Å². The van der Waals surface area contributed by atoms with E-state index in [1.807, 2.05) is 36.2 Å². The maximum Gasteiger partial charge on any atom is 0.169 e. The molecule has 0 bridgehead atoms. The van der Waals surface area contributed by atoms with Crippen molar-refractivity contribution in [1.29, 1.82) is 0 Å². The Morgan fingerprint density at radius 1 is 1.21 bits per heavy atom. The lowest BCUT2D eigenvalue weighted by molar-refractivity contribution is 0.616. The van der Waals surface area contributed by atoms with Crippen molar-refractivity contribution in [3.05, 3.63) is 47.4 Å². The van der Waals surface area contributed by atoms with Crippen LogP contribution in [0.3, 0.4) is 0 Å². The second-order valence-corrected chi connectivity index (χ2v) is 4.96. The highest BCUT2D eigenvalue weighted by Crippen LogP contribution is 2.37. The SMILES string of the molecule is CN1CCN(c2ncc(Cl)cc2F)c2ccccc21. The number of anilines is 3. The van der Waals surface area contributed by atoms with Gasteiger partial charge >= 0.3 is 0 Å². The van der Waals surface area contributed by atoms with E-state index in [-0.39, 0.29) is 0 Å². The van der Waals surface area contributed by atoms with Gasteiger partial charge in [-0.3, -0.25) is 0 Å². The van der Waals surface area contributed by atoms with Crippen LogP contribution in [0.2, 0.25) is 5.02 Å². The first kappa shape index (κ1) is 12.2. The minimum absolute atomic E-state index is 0.309. The lowest BCUT2D eigenvalue weighted by Crippen LogP contribution is -2.37. The number of para-hydroxylation sites is 2. The molecule has 1 aromatic heterocycles. The molecule has 3 nitrogen and oxygen atoms in total. The number of nitrogens with zero attached hydrogens (tertiary/aromatic N) is 3. The molecule has 3 rings (SSSR count). The Labute approximate surface area is 116 Å². The van der Waals surface area contributed by atoms with Crippen LogP contribution in [-0.4, -0.2) is 25.1 Å². The van der Waals surface area contributed by atoms with Crippen LogP contribution in [0.25, 0.3) is 0 Å². The fraction of sp³-hybridized carbons (Fsp3) is 0.214. The zero-order chi connectivity index (χ0) is 13.4. The van der Waals surface area contributed by atoms with Gasteiger partial charge in [0.1, 0.15) is 0 Å². The minimum atomic E-state index is -0.396. The molecule has 1 aliphatic heterocycles. The molecule has 0 saturated heterocycles. The lowest BCUT2D eigenvalue weighted by Gasteiger charge is -2.36. The average Bonchev–Trinajstić information content (AvgIpc) is 2.41. The molecule has 0 unspecified atom stereocenters. The van der Waals surface area contributed by atoms with E-state index in [2.05, 4.69) is 9.88 Å². The maximum atomic E-state index is 14.0. The summed E-state index contributed by atoms with van der Waals surface area (Å²) in [4.78, 5) is 8.17. The van der Waals surface area contributed by atoms with Crippen molar-refractivity contribution in [3.63, 3.8) is 0 Å². The van der Waals surface area contributed by atoms with Crippen molar-refractivity contribution in [1.82, 2.24) is 4.98 Å². The largest absolute Gasteiger partial charge is 0.371 e. The second kappa shape index (κ2) is 4.70. The summed E-state index contributed by atoms with van der Waals surface area (Å²) in [6.07, 6.45) is 1.47. The van der Waals surface area contributed by atoms with Gasteiger partial charge in [0.25, 0.3) is 0 Å². The van der Waals surface area contributed by atoms with Gasteiger partial charge < -0.3 is 9.80 Å². The van der Waals surface area contributed by atoms with Crippen molar-refractivity contribution in [2.75, 3.05) is 29.9 Å². The molecule has 98 valence electrons. The second-order valence-electron chi connectivity index (χ2n) is 4.52. The summed E-state index contributed by atoms with van der Waals surface area (Å²) in [5.41, 5.74) is 2.04. The van der Waals surface area contributed by atoms with Gasteiger partial charge in [-0.25, -0.2) is 9.37 Å². The molecular weight excluding hydrogens is 265 g/mol. The van der Waals surface area contributed by atoms with Crippen LogP contribution in [0, 0.1) is 5.82 Å². The maximum absolute atomic E-state index is 14.0. The fourth-order valence-electron chi connectivity index (χ4n) is 2.33. The number of fused-ring (bicyclic) bond motifs is 1. The quantitative estimate of drug-likeness (QED) is 0.796. The molecular formula is C14H13ClFN3. The van der Waals surface area contributed by atoms with E-state index in [0.717, 1.165) is 17.9 Å². The zero-order valence-corrected chi connectivity index (χ0v) is 11.2. The van der Waals surface area contributed by atoms with E-state index >= 15 is 0 Å². The van der Waals surface area contributed by atoms with Gasteiger partial charge in [-0.2, -0.15) is 0 Å². The summed E-state index contributed by atoms with van der Waals surface area (Å²) in [5, 5.41) is 0.309. The molecule has 2 heterocycles. The Morgan fingerprint density at radius 2 is 1.95 bits per heavy atom. The Bertz CT molecular complexity index is 617. The summed E-state index contributed by atoms with van der Waals surface area (Å²) in [6.45, 7) is 1.51. The number of hydrogen-bond donors (Lipinski definition) is 0. The minimum Gasteiger partial charge on any atom is -0.371 e. The predicted molar refractivity (Wildman–Crippen MR) is 75.9 cm³/mol. The van der Waals surface area contributed by atoms with Crippen molar-refractivity contribution >= 4 is 28.8 Å². The first-order valence-corrected chi connectivity index (χ1v) is 6.43. The summed E-state index contributed by atoms with van der Waals surface area (Å²) < 4.78 is 14.0. The number of aromatic nitrogens is 1. The van der Waals surface area contributed by atoms with E-state index in [0.29, 0.717) is 17.4 Å². The summed E-state index contributed by atoms with van der Waals surface area (Å²) in [6, 6.07) is 9.21. The van der Waals surface area contributed by atoms with E-state index in [9.17, 15) is 4.39 Å². The van der Waals surface area contributed by atoms with Gasteiger partial charge in [0.2, 0.25) is 0 Å². The Morgan fingerprint density at radius 3 is 2.68 bits per heavy atom. The first-order valence-electron chi connectivity index (χ1n) is 6.05. The fourth-order valence-corrected chi connectivity index (χ4v) is 2.48. The van der Waals surface area contributed by atoms with Crippen molar-refractivity contribution in [3.8, 4) is 0 Å². The molecule has 0 saturated carbocycles. The third kappa shape index (κ3) is 2.12. The van der Waals surface area contributed by atoms with Crippen LogP contribution in [0.15, 0.2) is 36.5 Å². The molecule has 0 amide bonds. The monoisotopic (exact) mass is 277 g/mol. The molecule has 19 heavy (non-hydrogen) atoms. The van der Waals surface area contributed by atoms with E-state index < -0.39 is 5.82 Å². The zero-order valence-electron chi connectivity index (χ0n) is 10.5. The van der Waals surface area contributed by atoms with Crippen LogP contribution >= 0.6 is 11.6 Å². The number of likely N-dealkylation sites (N-methyl/N-ethyl adjacent to an activating group) is 1. The van der Waals surface area contributed by atoms with Crippen LogP contribution in [0.1, 0.15) is 0 Å². The Hall–Kier alpha value is -1.81.